The van der Waals surface area contributed by atoms with Crippen LogP contribution in [-0.2, 0) is 4.74 Å². The first-order chi connectivity index (χ1) is 7.57. The minimum absolute atomic E-state index is 0.332. The van der Waals surface area contributed by atoms with Crippen molar-refractivity contribution < 1.29 is 14.6 Å². The number of carboxylic acids is 1. The molecule has 0 fully saturated rings. The van der Waals surface area contributed by atoms with E-state index in [1.807, 2.05) is 24.9 Å². The van der Waals surface area contributed by atoms with Crippen LogP contribution in [0.2, 0.25) is 0 Å². The number of hydrogen-bond acceptors (Lipinski definition) is 3. The van der Waals surface area contributed by atoms with E-state index in [1.54, 1.807) is 19.2 Å². The van der Waals surface area contributed by atoms with Crippen molar-refractivity contribution >= 4 is 11.7 Å². The lowest BCUT2D eigenvalue weighted by Gasteiger charge is -2.22. The minimum Gasteiger partial charge on any atom is -0.478 e. The number of carbonyl (C=O) groups is 1. The molecule has 1 rings (SSSR count). The Morgan fingerprint density at radius 3 is 2.75 bits per heavy atom. The Balaban J connectivity index is 3.04. The van der Waals surface area contributed by atoms with Crippen LogP contribution in [0.3, 0.4) is 0 Å². The molecule has 0 saturated carbocycles. The molecule has 16 heavy (non-hydrogen) atoms. The van der Waals surface area contributed by atoms with E-state index in [9.17, 15) is 4.79 Å². The number of anilines is 1. The first kappa shape index (κ1) is 12.5. The van der Waals surface area contributed by atoms with Crippen molar-refractivity contribution in [3.63, 3.8) is 0 Å². The Bertz CT molecular complexity index is 377. The predicted molar refractivity (Wildman–Crippen MR) is 63.3 cm³/mol. The minimum atomic E-state index is -0.900. The number of benzene rings is 1. The summed E-state index contributed by atoms with van der Waals surface area (Å²) in [6, 6.07) is 5.28. The molecule has 0 bridgehead atoms. The standard InChI is InChI=1S/C12H17NO3/c1-9-5-4-6-10(12(14)15)11(9)13(2)7-8-16-3/h4-6H,7-8H2,1-3H3,(H,14,15). The third kappa shape index (κ3) is 2.73. The number of rotatable bonds is 5. The summed E-state index contributed by atoms with van der Waals surface area (Å²) >= 11 is 0. The maximum atomic E-state index is 11.1. The lowest BCUT2D eigenvalue weighted by molar-refractivity contribution is 0.0697. The first-order valence-corrected chi connectivity index (χ1v) is 5.11. The van der Waals surface area contributed by atoms with Crippen molar-refractivity contribution in [2.45, 2.75) is 6.92 Å². The molecule has 0 aliphatic carbocycles. The highest BCUT2D eigenvalue weighted by Crippen LogP contribution is 2.23. The first-order valence-electron chi connectivity index (χ1n) is 5.11. The molecular formula is C12H17NO3. The van der Waals surface area contributed by atoms with Gasteiger partial charge in [-0.2, -0.15) is 0 Å². The maximum absolute atomic E-state index is 11.1. The number of para-hydroxylation sites is 1. The fourth-order valence-electron chi connectivity index (χ4n) is 1.68. The lowest BCUT2D eigenvalue weighted by Crippen LogP contribution is -2.25. The van der Waals surface area contributed by atoms with Gasteiger partial charge in [-0.3, -0.25) is 0 Å². The fraction of sp³-hybridized carbons (Fsp3) is 0.417. The Kier molecular flexibility index (Phi) is 4.31. The highest BCUT2D eigenvalue weighted by atomic mass is 16.5. The third-order valence-corrected chi connectivity index (χ3v) is 2.48. The largest absolute Gasteiger partial charge is 0.478 e. The van der Waals surface area contributed by atoms with Gasteiger partial charge < -0.3 is 14.7 Å². The van der Waals surface area contributed by atoms with Crippen LogP contribution in [0.1, 0.15) is 15.9 Å². The predicted octanol–water partition coefficient (Wildman–Crippen LogP) is 1.78. The van der Waals surface area contributed by atoms with Crippen LogP contribution in [0.15, 0.2) is 18.2 Å². The third-order valence-electron chi connectivity index (χ3n) is 2.48. The summed E-state index contributed by atoms with van der Waals surface area (Å²) in [5, 5.41) is 9.11. The zero-order valence-electron chi connectivity index (χ0n) is 9.86. The molecule has 88 valence electrons. The van der Waals surface area contributed by atoms with Crippen LogP contribution in [0.4, 0.5) is 5.69 Å². The molecule has 1 aromatic carbocycles. The monoisotopic (exact) mass is 223 g/mol. The van der Waals surface area contributed by atoms with Crippen molar-refractivity contribution in [2.24, 2.45) is 0 Å². The molecule has 0 aliphatic heterocycles. The van der Waals surface area contributed by atoms with Crippen molar-refractivity contribution in [3.05, 3.63) is 29.3 Å². The molecule has 0 unspecified atom stereocenters. The lowest BCUT2D eigenvalue weighted by atomic mass is 10.1. The summed E-state index contributed by atoms with van der Waals surface area (Å²) in [4.78, 5) is 13.0. The molecule has 1 N–H and O–H groups in total. The van der Waals surface area contributed by atoms with E-state index in [-0.39, 0.29) is 0 Å². The number of aryl methyl sites for hydroxylation is 1. The number of aromatic carboxylic acids is 1. The topological polar surface area (TPSA) is 49.8 Å². The second-order valence-electron chi connectivity index (χ2n) is 3.69. The molecule has 1 aromatic rings. The van der Waals surface area contributed by atoms with E-state index in [2.05, 4.69) is 0 Å². The Hall–Kier alpha value is -1.55. The average molecular weight is 223 g/mol. The zero-order valence-corrected chi connectivity index (χ0v) is 9.86. The quantitative estimate of drug-likeness (QED) is 0.826. The van der Waals surface area contributed by atoms with Crippen molar-refractivity contribution in [3.8, 4) is 0 Å². The van der Waals surface area contributed by atoms with Crippen LogP contribution in [0.5, 0.6) is 0 Å². The molecule has 4 nitrogen and oxygen atoms in total. The number of methoxy groups -OCH3 is 1. The summed E-state index contributed by atoms with van der Waals surface area (Å²) < 4.78 is 4.99. The van der Waals surface area contributed by atoms with E-state index in [0.29, 0.717) is 18.7 Å². The van der Waals surface area contributed by atoms with Gasteiger partial charge in [0.15, 0.2) is 0 Å². The molecular weight excluding hydrogens is 206 g/mol. The van der Waals surface area contributed by atoms with Crippen LogP contribution in [-0.4, -0.2) is 38.4 Å². The number of likely N-dealkylation sites (N-methyl/N-ethyl adjacent to an activating group) is 1. The van der Waals surface area contributed by atoms with Gasteiger partial charge in [0, 0.05) is 20.7 Å². The van der Waals surface area contributed by atoms with E-state index in [4.69, 9.17) is 9.84 Å². The van der Waals surface area contributed by atoms with E-state index < -0.39 is 5.97 Å². The molecule has 0 atom stereocenters. The van der Waals surface area contributed by atoms with Gasteiger partial charge in [-0.15, -0.1) is 0 Å². The summed E-state index contributed by atoms with van der Waals surface area (Å²) in [6.45, 7) is 3.15. The van der Waals surface area contributed by atoms with Crippen LogP contribution < -0.4 is 4.90 Å². The molecule has 4 heteroatoms. The average Bonchev–Trinajstić information content (AvgIpc) is 2.25. The second-order valence-corrected chi connectivity index (χ2v) is 3.69. The van der Waals surface area contributed by atoms with Crippen LogP contribution in [0, 0.1) is 6.92 Å². The molecule has 0 aliphatic rings. The molecule has 0 saturated heterocycles. The molecule has 0 amide bonds. The van der Waals surface area contributed by atoms with E-state index in [1.165, 1.54) is 0 Å². The highest BCUT2D eigenvalue weighted by molar-refractivity contribution is 5.95. The van der Waals surface area contributed by atoms with Gasteiger partial charge in [0.2, 0.25) is 0 Å². The van der Waals surface area contributed by atoms with Crippen molar-refractivity contribution in [2.75, 3.05) is 32.2 Å². The normalized spacial score (nSPS) is 10.2. The van der Waals surface area contributed by atoms with Crippen LogP contribution >= 0.6 is 0 Å². The van der Waals surface area contributed by atoms with E-state index in [0.717, 1.165) is 11.3 Å². The van der Waals surface area contributed by atoms with Gasteiger partial charge in [0.25, 0.3) is 0 Å². The van der Waals surface area contributed by atoms with Crippen molar-refractivity contribution in [1.82, 2.24) is 0 Å². The van der Waals surface area contributed by atoms with Gasteiger partial charge in [-0.05, 0) is 18.6 Å². The van der Waals surface area contributed by atoms with Gasteiger partial charge in [-0.1, -0.05) is 12.1 Å². The van der Waals surface area contributed by atoms with Gasteiger partial charge in [0.05, 0.1) is 17.9 Å². The van der Waals surface area contributed by atoms with Gasteiger partial charge >= 0.3 is 5.97 Å². The van der Waals surface area contributed by atoms with Crippen molar-refractivity contribution in [1.29, 1.82) is 0 Å². The Labute approximate surface area is 95.5 Å². The zero-order chi connectivity index (χ0) is 12.1. The number of nitrogens with zero attached hydrogens (tertiary/aromatic N) is 1. The highest BCUT2D eigenvalue weighted by Gasteiger charge is 2.14. The van der Waals surface area contributed by atoms with E-state index >= 15 is 0 Å². The smallest absolute Gasteiger partial charge is 0.337 e. The fourth-order valence-corrected chi connectivity index (χ4v) is 1.68. The number of ether oxygens (including phenoxy) is 1. The Morgan fingerprint density at radius 1 is 1.50 bits per heavy atom. The summed E-state index contributed by atoms with van der Waals surface area (Å²) in [5.74, 6) is -0.900. The number of hydrogen-bond donors (Lipinski definition) is 1. The molecule has 0 aromatic heterocycles. The SMILES string of the molecule is COCCN(C)c1c(C)cccc1C(=O)O. The molecule has 0 spiro atoms. The second kappa shape index (κ2) is 5.51. The van der Waals surface area contributed by atoms with Gasteiger partial charge in [-0.25, -0.2) is 4.79 Å². The van der Waals surface area contributed by atoms with Gasteiger partial charge in [0.1, 0.15) is 0 Å². The molecule has 0 radical (unpaired) electrons. The Morgan fingerprint density at radius 2 is 2.19 bits per heavy atom. The van der Waals surface area contributed by atoms with Crippen LogP contribution in [0.25, 0.3) is 0 Å². The maximum Gasteiger partial charge on any atom is 0.337 e. The number of carboxylic acid groups (broad SMARTS) is 1. The molecule has 0 heterocycles. The summed E-state index contributed by atoms with van der Waals surface area (Å²) in [6.07, 6.45) is 0. The summed E-state index contributed by atoms with van der Waals surface area (Å²) in [5.41, 5.74) is 2.05. The summed E-state index contributed by atoms with van der Waals surface area (Å²) in [7, 11) is 3.50.